The summed E-state index contributed by atoms with van der Waals surface area (Å²) >= 11 is 0. The molecule has 1 aliphatic heterocycles. The fourth-order valence-corrected chi connectivity index (χ4v) is 5.14. The average molecular weight is 603 g/mol. The molecule has 0 radical (unpaired) electrons. The van der Waals surface area contributed by atoms with Gasteiger partial charge in [0.1, 0.15) is 18.4 Å². The van der Waals surface area contributed by atoms with E-state index in [1.165, 1.54) is 5.56 Å². The van der Waals surface area contributed by atoms with Gasteiger partial charge in [-0.3, -0.25) is 4.79 Å². The Labute approximate surface area is 256 Å². The Bertz CT molecular complexity index is 1520. The van der Waals surface area contributed by atoms with Crippen LogP contribution in [-0.2, 0) is 27.4 Å². The first-order valence-electron chi connectivity index (χ1n) is 14.5. The van der Waals surface area contributed by atoms with Crippen LogP contribution >= 0.6 is 0 Å². The first-order chi connectivity index (χ1) is 21.1. The number of carbonyl (C=O) groups is 4. The average Bonchev–Trinajstić information content (AvgIpc) is 3.01. The van der Waals surface area contributed by atoms with Gasteiger partial charge in [0, 0.05) is 18.7 Å². The number of benzene rings is 3. The number of aryl methyl sites for hydroxylation is 1. The molecule has 1 atom stereocenters. The Morgan fingerprint density at radius 2 is 1.82 bits per heavy atom. The quantitative estimate of drug-likeness (QED) is 0.223. The second-order valence-electron chi connectivity index (χ2n) is 10.7. The van der Waals surface area contributed by atoms with Crippen LogP contribution in [0.1, 0.15) is 41.5 Å². The van der Waals surface area contributed by atoms with Crippen molar-refractivity contribution in [3.8, 4) is 16.9 Å². The number of anilines is 1. The summed E-state index contributed by atoms with van der Waals surface area (Å²) in [4.78, 5) is 49.6. The van der Waals surface area contributed by atoms with Gasteiger partial charge in [-0.25, -0.2) is 14.4 Å². The van der Waals surface area contributed by atoms with Gasteiger partial charge in [-0.1, -0.05) is 42.5 Å². The lowest BCUT2D eigenvalue weighted by Crippen LogP contribution is -2.49. The lowest BCUT2D eigenvalue weighted by atomic mass is 9.91. The third-order valence-electron chi connectivity index (χ3n) is 7.58. The van der Waals surface area contributed by atoms with Crippen LogP contribution in [0.5, 0.6) is 5.75 Å². The molecular weight excluding hydrogens is 564 g/mol. The molecule has 11 heteroatoms. The molecule has 0 aromatic heterocycles. The van der Waals surface area contributed by atoms with Gasteiger partial charge < -0.3 is 35.8 Å². The monoisotopic (exact) mass is 602 g/mol. The maximum Gasteiger partial charge on any atom is 0.408 e. The number of nitrogens with zero attached hydrogens (tertiary/aromatic N) is 1. The number of primary amides is 1. The molecule has 0 spiro atoms. The number of hydrogen-bond donors (Lipinski definition) is 4. The molecule has 5 N–H and O–H groups in total. The molecule has 11 nitrogen and oxygen atoms in total. The Morgan fingerprint density at radius 3 is 2.59 bits per heavy atom. The van der Waals surface area contributed by atoms with Gasteiger partial charge in [-0.15, -0.1) is 0 Å². The highest BCUT2D eigenvalue weighted by molar-refractivity contribution is 5.96. The van der Waals surface area contributed by atoms with Crippen molar-refractivity contribution in [2.45, 2.75) is 52.2 Å². The number of aliphatic carboxylic acids is 1. The van der Waals surface area contributed by atoms with E-state index in [9.17, 15) is 24.3 Å². The minimum atomic E-state index is -1.40. The lowest BCUT2D eigenvalue weighted by Gasteiger charge is -2.31. The van der Waals surface area contributed by atoms with E-state index in [4.69, 9.17) is 15.2 Å². The maximum absolute atomic E-state index is 13.3. The van der Waals surface area contributed by atoms with E-state index in [0.29, 0.717) is 31.6 Å². The highest BCUT2D eigenvalue weighted by atomic mass is 16.5. The molecule has 0 aliphatic carbocycles. The number of amides is 4. The highest BCUT2D eigenvalue weighted by Crippen LogP contribution is 2.36. The summed E-state index contributed by atoms with van der Waals surface area (Å²) in [5.74, 6) is -0.433. The number of rotatable bonds is 12. The first-order valence-corrected chi connectivity index (χ1v) is 14.5. The van der Waals surface area contributed by atoms with Gasteiger partial charge in [0.2, 0.25) is 5.91 Å². The first kappa shape index (κ1) is 31.9. The third kappa shape index (κ3) is 8.27. The lowest BCUT2D eigenvalue weighted by molar-refractivity contribution is -0.139. The van der Waals surface area contributed by atoms with Crippen LogP contribution in [-0.4, -0.2) is 54.8 Å². The Hall–Kier alpha value is -5.06. The van der Waals surface area contributed by atoms with Crippen LogP contribution in [0.3, 0.4) is 0 Å². The number of carboxylic acids is 1. The molecule has 1 heterocycles. The molecule has 3 aromatic carbocycles. The van der Waals surface area contributed by atoms with Crippen LogP contribution in [0.4, 0.5) is 15.3 Å². The summed E-state index contributed by atoms with van der Waals surface area (Å²) in [6, 6.07) is 17.1. The van der Waals surface area contributed by atoms with Gasteiger partial charge in [0.05, 0.1) is 13.2 Å². The zero-order valence-corrected chi connectivity index (χ0v) is 24.9. The molecule has 3 aromatic rings. The molecule has 0 unspecified atom stereocenters. The number of nitrogens with one attached hydrogen (secondary N) is 2. The standard InChI is InChI=1S/C33H38N4O7/c1-21-8-3-14-29(22(21)2)43-17-7-15-30(38)37-16-6-12-26-25(11-5-13-28(26)37)24-10-4-9-23(18-24)20-44-33(42)36-27(31(39)40)19-35-32(34)41/h3-5,8-11,13-14,18,27H,6-7,12,15-17,19-20H2,1-2H3,(H,36,42)(H,39,40)(H3,34,35,41)/t27-/m0/s1. The zero-order chi connectivity index (χ0) is 31.6. The highest BCUT2D eigenvalue weighted by Gasteiger charge is 2.25. The van der Waals surface area contributed by atoms with Crippen molar-refractivity contribution in [3.05, 3.63) is 82.9 Å². The molecule has 1 aliphatic rings. The maximum atomic E-state index is 13.3. The second-order valence-corrected chi connectivity index (χ2v) is 10.7. The molecule has 0 fully saturated rings. The fourth-order valence-electron chi connectivity index (χ4n) is 5.14. The van der Waals surface area contributed by atoms with Gasteiger partial charge >= 0.3 is 18.1 Å². The number of ether oxygens (including phenoxy) is 2. The summed E-state index contributed by atoms with van der Waals surface area (Å²) in [6.45, 7) is 4.72. The number of hydrogen-bond acceptors (Lipinski definition) is 6. The second kappa shape index (κ2) is 14.9. The van der Waals surface area contributed by atoms with Gasteiger partial charge in [0.15, 0.2) is 0 Å². The summed E-state index contributed by atoms with van der Waals surface area (Å²) in [5, 5.41) is 13.6. The van der Waals surface area contributed by atoms with Gasteiger partial charge in [-0.05, 0) is 84.7 Å². The predicted molar refractivity (Wildman–Crippen MR) is 166 cm³/mol. The smallest absolute Gasteiger partial charge is 0.408 e. The molecule has 44 heavy (non-hydrogen) atoms. The summed E-state index contributed by atoms with van der Waals surface area (Å²) in [6.07, 6.45) is 1.71. The van der Waals surface area contributed by atoms with E-state index in [1.807, 2.05) is 73.3 Å². The molecule has 0 saturated carbocycles. The number of carbonyl (C=O) groups excluding carboxylic acids is 3. The predicted octanol–water partition coefficient (Wildman–Crippen LogP) is 4.46. The van der Waals surface area contributed by atoms with Crippen LogP contribution in [0.2, 0.25) is 0 Å². The molecule has 4 amide bonds. The molecular formula is C33H38N4O7. The number of carboxylic acid groups (broad SMARTS) is 1. The Kier molecular flexibility index (Phi) is 10.8. The van der Waals surface area contributed by atoms with E-state index in [-0.39, 0.29) is 19.1 Å². The van der Waals surface area contributed by atoms with Crippen molar-refractivity contribution in [2.24, 2.45) is 5.73 Å². The van der Waals surface area contributed by atoms with Gasteiger partial charge in [-0.2, -0.15) is 0 Å². The number of urea groups is 1. The van der Waals surface area contributed by atoms with E-state index < -0.39 is 24.1 Å². The summed E-state index contributed by atoms with van der Waals surface area (Å²) < 4.78 is 11.2. The Balaban J connectivity index is 1.38. The molecule has 4 rings (SSSR count). The zero-order valence-electron chi connectivity index (χ0n) is 24.9. The van der Waals surface area contributed by atoms with Crippen LogP contribution in [0.25, 0.3) is 11.1 Å². The third-order valence-corrected chi connectivity index (χ3v) is 7.58. The number of fused-ring (bicyclic) bond motifs is 1. The Morgan fingerprint density at radius 1 is 1.05 bits per heavy atom. The van der Waals surface area contributed by atoms with E-state index >= 15 is 0 Å². The van der Waals surface area contributed by atoms with Crippen molar-refractivity contribution in [1.82, 2.24) is 10.6 Å². The van der Waals surface area contributed by atoms with Crippen molar-refractivity contribution >= 4 is 29.7 Å². The summed E-state index contributed by atoms with van der Waals surface area (Å²) in [5.41, 5.74) is 11.8. The van der Waals surface area contributed by atoms with Crippen molar-refractivity contribution in [3.63, 3.8) is 0 Å². The van der Waals surface area contributed by atoms with Gasteiger partial charge in [0.25, 0.3) is 0 Å². The van der Waals surface area contributed by atoms with E-state index in [0.717, 1.165) is 46.5 Å². The molecule has 0 saturated heterocycles. The van der Waals surface area contributed by atoms with E-state index in [2.05, 4.69) is 10.6 Å². The fraction of sp³-hybridized carbons (Fsp3) is 0.333. The largest absolute Gasteiger partial charge is 0.493 e. The number of alkyl carbamates (subject to hydrolysis) is 1. The molecule has 232 valence electrons. The topological polar surface area (TPSA) is 160 Å². The van der Waals surface area contributed by atoms with Crippen molar-refractivity contribution in [1.29, 1.82) is 0 Å². The van der Waals surface area contributed by atoms with Crippen LogP contribution < -0.4 is 26.0 Å². The van der Waals surface area contributed by atoms with Crippen molar-refractivity contribution < 1.29 is 33.8 Å². The molecule has 0 bridgehead atoms. The minimum absolute atomic E-state index is 0.0616. The number of nitrogens with two attached hydrogens (primary N) is 1. The normalized spacial score (nSPS) is 12.9. The van der Waals surface area contributed by atoms with Crippen LogP contribution in [0.15, 0.2) is 60.7 Å². The SMILES string of the molecule is Cc1cccc(OCCCC(=O)N2CCCc3c(-c4cccc(COC(=O)N[C@@H](CNC(N)=O)C(=O)O)c4)cccc32)c1C. The van der Waals surface area contributed by atoms with Crippen LogP contribution in [0, 0.1) is 13.8 Å². The minimum Gasteiger partial charge on any atom is -0.493 e. The summed E-state index contributed by atoms with van der Waals surface area (Å²) in [7, 11) is 0. The van der Waals surface area contributed by atoms with E-state index in [1.54, 1.807) is 6.07 Å². The van der Waals surface area contributed by atoms with Crippen molar-refractivity contribution in [2.75, 3.05) is 24.6 Å².